The van der Waals surface area contributed by atoms with Crippen molar-refractivity contribution in [3.63, 3.8) is 0 Å². The first-order valence-electron chi connectivity index (χ1n) is 23.6. The quantitative estimate of drug-likeness (QED) is 0.142. The predicted molar refractivity (Wildman–Crippen MR) is 290 cm³/mol. The van der Waals surface area contributed by atoms with Gasteiger partial charge < -0.3 is 9.13 Å². The maximum atomic E-state index is 9.53. The standard InChI is InChI=1S/C64H38N8/c1-66-48-33-29-43(30-34-48)47-31-35-56-52(39-47)49-18-8-10-21-54(49)71(56)58-23-12-20-51(64-69-62(44-14-4-2-5-15-44)68-63(70-64)45-16-6-3-7-17-45)60(58)61-59(24-13-37-67-61)72-55-22-11-9-19-50(55)53-38-46(32-36-57(53)72)42-27-25-41(40-65)26-28-42/h2-39H. The van der Waals surface area contributed by atoms with Crippen LogP contribution >= 0.6 is 0 Å². The van der Waals surface area contributed by atoms with Gasteiger partial charge in [-0.05, 0) is 89.0 Å². The smallest absolute Gasteiger partial charge is 0.187 e. The molecule has 0 saturated carbocycles. The number of rotatable bonds is 8. The fourth-order valence-electron chi connectivity index (χ4n) is 10.2. The Morgan fingerprint density at radius 1 is 0.403 bits per heavy atom. The van der Waals surface area contributed by atoms with Crippen LogP contribution in [0, 0.1) is 17.9 Å². The molecular weight excluding hydrogens is 881 g/mol. The molecule has 0 saturated heterocycles. The van der Waals surface area contributed by atoms with Crippen LogP contribution in [0.15, 0.2) is 231 Å². The lowest BCUT2D eigenvalue weighted by molar-refractivity contribution is 1.07. The van der Waals surface area contributed by atoms with E-state index in [1.165, 1.54) is 0 Å². The van der Waals surface area contributed by atoms with Crippen LogP contribution < -0.4 is 0 Å². The maximum absolute atomic E-state index is 9.53. The van der Waals surface area contributed by atoms with Crippen molar-refractivity contribution in [1.82, 2.24) is 29.1 Å². The van der Waals surface area contributed by atoms with Gasteiger partial charge in [0.15, 0.2) is 23.2 Å². The summed E-state index contributed by atoms with van der Waals surface area (Å²) >= 11 is 0. The SMILES string of the molecule is [C-]#[N+]c1ccc(-c2ccc3c(c2)c2ccccc2n3-c2cccc(-c3nc(-c4ccccc4)nc(-c4ccccc4)n3)c2-c2ncccc2-n2c3ccccc3c3cc(-c4ccc(C#N)cc4)ccc32)cc1. The van der Waals surface area contributed by atoms with Gasteiger partial charge in [0.25, 0.3) is 0 Å². The number of para-hydroxylation sites is 2. The Labute approximate surface area is 414 Å². The minimum atomic E-state index is 0.511. The summed E-state index contributed by atoms with van der Waals surface area (Å²) in [6.07, 6.45) is 1.87. The Bertz CT molecular complexity index is 4270. The summed E-state index contributed by atoms with van der Waals surface area (Å²) in [5.41, 5.74) is 15.4. The Balaban J connectivity index is 1.11. The number of aromatic nitrogens is 6. The molecule has 9 aromatic carbocycles. The van der Waals surface area contributed by atoms with Crippen LogP contribution in [0.3, 0.4) is 0 Å². The van der Waals surface area contributed by atoms with E-state index >= 15 is 0 Å². The lowest BCUT2D eigenvalue weighted by Gasteiger charge is -2.20. The second-order valence-corrected chi connectivity index (χ2v) is 17.6. The molecule has 0 aliphatic rings. The van der Waals surface area contributed by atoms with E-state index in [0.717, 1.165) is 105 Å². The van der Waals surface area contributed by atoms with E-state index in [1.54, 1.807) is 0 Å². The molecule has 0 N–H and O–H groups in total. The molecule has 0 fully saturated rings. The molecule has 0 aliphatic heterocycles. The van der Waals surface area contributed by atoms with E-state index < -0.39 is 0 Å². The van der Waals surface area contributed by atoms with Crippen molar-refractivity contribution >= 4 is 49.3 Å². The topological polar surface area (TPSA) is 89.6 Å². The largest absolute Gasteiger partial charge is 0.309 e. The Kier molecular flexibility index (Phi) is 10.1. The van der Waals surface area contributed by atoms with Crippen LogP contribution in [0.1, 0.15) is 5.56 Å². The van der Waals surface area contributed by atoms with E-state index in [0.29, 0.717) is 28.7 Å². The number of nitriles is 1. The molecule has 8 nitrogen and oxygen atoms in total. The summed E-state index contributed by atoms with van der Waals surface area (Å²) in [5, 5.41) is 13.9. The van der Waals surface area contributed by atoms with Crippen molar-refractivity contribution in [2.75, 3.05) is 0 Å². The van der Waals surface area contributed by atoms with Crippen molar-refractivity contribution < 1.29 is 0 Å². The van der Waals surface area contributed by atoms with Gasteiger partial charge in [0, 0.05) is 50.0 Å². The molecule has 4 heterocycles. The molecule has 0 aliphatic carbocycles. The molecular formula is C64H38N8. The van der Waals surface area contributed by atoms with Gasteiger partial charge in [-0.2, -0.15) is 5.26 Å². The monoisotopic (exact) mass is 918 g/mol. The number of fused-ring (bicyclic) bond motifs is 6. The first kappa shape index (κ1) is 41.9. The highest BCUT2D eigenvalue weighted by Crippen LogP contribution is 2.45. The van der Waals surface area contributed by atoms with E-state index in [1.807, 2.05) is 121 Å². The predicted octanol–water partition coefficient (Wildman–Crippen LogP) is 15.9. The molecule has 0 spiro atoms. The first-order chi connectivity index (χ1) is 35.6. The van der Waals surface area contributed by atoms with Gasteiger partial charge in [0.2, 0.25) is 0 Å². The zero-order valence-corrected chi connectivity index (χ0v) is 38.5. The van der Waals surface area contributed by atoms with Gasteiger partial charge in [-0.1, -0.05) is 158 Å². The third-order valence-electron chi connectivity index (χ3n) is 13.5. The molecule has 4 aromatic heterocycles. The zero-order chi connectivity index (χ0) is 48.1. The Hall–Kier alpha value is -10.3. The number of hydrogen-bond donors (Lipinski definition) is 0. The number of pyridine rings is 1. The average Bonchev–Trinajstić information content (AvgIpc) is 3.97. The average molecular weight is 919 g/mol. The number of nitrogens with zero attached hydrogens (tertiary/aromatic N) is 8. The second-order valence-electron chi connectivity index (χ2n) is 17.6. The maximum Gasteiger partial charge on any atom is 0.187 e. The second kappa shape index (κ2) is 17.4. The Morgan fingerprint density at radius 2 is 0.889 bits per heavy atom. The van der Waals surface area contributed by atoms with Crippen LogP contribution in [0.5, 0.6) is 0 Å². The summed E-state index contributed by atoms with van der Waals surface area (Å²) in [5.74, 6) is 1.63. The molecule has 0 radical (unpaired) electrons. The normalized spacial score (nSPS) is 11.3. The summed E-state index contributed by atoms with van der Waals surface area (Å²) in [7, 11) is 0. The minimum absolute atomic E-state index is 0.511. The molecule has 0 unspecified atom stereocenters. The van der Waals surface area contributed by atoms with Gasteiger partial charge in [-0.3, -0.25) is 4.98 Å². The number of benzene rings is 9. The van der Waals surface area contributed by atoms with Gasteiger partial charge in [-0.25, -0.2) is 19.8 Å². The van der Waals surface area contributed by atoms with E-state index in [9.17, 15) is 5.26 Å². The van der Waals surface area contributed by atoms with E-state index in [-0.39, 0.29) is 0 Å². The molecule has 0 atom stereocenters. The molecule has 0 amide bonds. The molecule has 72 heavy (non-hydrogen) atoms. The highest BCUT2D eigenvalue weighted by molar-refractivity contribution is 6.13. The summed E-state index contributed by atoms with van der Waals surface area (Å²) in [6.45, 7) is 7.52. The van der Waals surface area contributed by atoms with E-state index in [4.69, 9.17) is 26.5 Å². The van der Waals surface area contributed by atoms with Crippen molar-refractivity contribution in [1.29, 1.82) is 5.26 Å². The minimum Gasteiger partial charge on any atom is -0.309 e. The molecule has 334 valence electrons. The lowest BCUT2D eigenvalue weighted by Crippen LogP contribution is -2.06. The molecule has 13 rings (SSSR count). The van der Waals surface area contributed by atoms with E-state index in [2.05, 4.69) is 129 Å². The van der Waals surface area contributed by atoms with Crippen LogP contribution in [0.4, 0.5) is 5.69 Å². The molecule has 13 aromatic rings. The third kappa shape index (κ3) is 7.07. The highest BCUT2D eigenvalue weighted by atomic mass is 15.0. The molecule has 8 heteroatoms. The van der Waals surface area contributed by atoms with Gasteiger partial charge in [-0.15, -0.1) is 0 Å². The van der Waals surface area contributed by atoms with Gasteiger partial charge >= 0.3 is 0 Å². The summed E-state index contributed by atoms with van der Waals surface area (Å²) in [4.78, 5) is 24.8. The van der Waals surface area contributed by atoms with Crippen molar-refractivity contribution in [2.24, 2.45) is 0 Å². The summed E-state index contributed by atoms with van der Waals surface area (Å²) < 4.78 is 4.67. The fraction of sp³-hybridized carbons (Fsp3) is 0. The van der Waals surface area contributed by atoms with Gasteiger partial charge in [0.05, 0.1) is 57.3 Å². The van der Waals surface area contributed by atoms with Crippen LogP contribution in [0.2, 0.25) is 0 Å². The fourth-order valence-corrected chi connectivity index (χ4v) is 10.2. The van der Waals surface area contributed by atoms with Crippen molar-refractivity contribution in [3.8, 4) is 85.1 Å². The number of hydrogen-bond acceptors (Lipinski definition) is 5. The zero-order valence-electron chi connectivity index (χ0n) is 38.5. The van der Waals surface area contributed by atoms with Crippen LogP contribution in [-0.2, 0) is 0 Å². The van der Waals surface area contributed by atoms with Crippen molar-refractivity contribution in [2.45, 2.75) is 0 Å². The highest BCUT2D eigenvalue weighted by Gasteiger charge is 2.26. The van der Waals surface area contributed by atoms with Gasteiger partial charge in [0.1, 0.15) is 0 Å². The molecule has 0 bridgehead atoms. The first-order valence-corrected chi connectivity index (χ1v) is 23.6. The van der Waals surface area contributed by atoms with Crippen LogP contribution in [0.25, 0.3) is 128 Å². The third-order valence-corrected chi connectivity index (χ3v) is 13.5. The summed E-state index contributed by atoms with van der Waals surface area (Å²) in [6, 6.07) is 78.7. The lowest BCUT2D eigenvalue weighted by atomic mass is 9.98. The van der Waals surface area contributed by atoms with Crippen molar-refractivity contribution in [3.05, 3.63) is 248 Å². The Morgan fingerprint density at radius 3 is 1.46 bits per heavy atom. The van der Waals surface area contributed by atoms with Crippen LogP contribution in [-0.4, -0.2) is 29.1 Å².